The standard InChI is InChI=1S/C26H18ClF3N2O4/c1-35-17-9-6-15(7-10-17)22-13-19(18-4-2-3-5-21(18)31-22)25(34)36-14-24(33)32-23-12-16(26(28,29)30)8-11-20(23)27/h2-13H,14H2,1H3,(H,32,33). The van der Waals surface area contributed by atoms with Crippen molar-refractivity contribution in [2.75, 3.05) is 19.0 Å². The molecule has 10 heteroatoms. The van der Waals surface area contributed by atoms with Gasteiger partial charge in [-0.2, -0.15) is 13.2 Å². The average molecular weight is 515 g/mol. The van der Waals surface area contributed by atoms with Gasteiger partial charge in [-0.05, 0) is 54.6 Å². The third-order valence-corrected chi connectivity index (χ3v) is 5.55. The Balaban J connectivity index is 1.54. The maximum Gasteiger partial charge on any atom is 0.416 e. The van der Waals surface area contributed by atoms with E-state index < -0.39 is 30.2 Å². The molecule has 0 saturated carbocycles. The van der Waals surface area contributed by atoms with Gasteiger partial charge in [-0.3, -0.25) is 4.79 Å². The van der Waals surface area contributed by atoms with Crippen molar-refractivity contribution in [1.82, 2.24) is 4.98 Å². The average Bonchev–Trinajstić information content (AvgIpc) is 2.87. The van der Waals surface area contributed by atoms with Crippen LogP contribution in [0.1, 0.15) is 15.9 Å². The van der Waals surface area contributed by atoms with Crippen molar-refractivity contribution < 1.29 is 32.2 Å². The molecule has 36 heavy (non-hydrogen) atoms. The minimum atomic E-state index is -4.61. The second-order valence-electron chi connectivity index (χ2n) is 7.62. The molecule has 0 radical (unpaired) electrons. The highest BCUT2D eigenvalue weighted by Crippen LogP contribution is 2.34. The number of aromatic nitrogens is 1. The van der Waals surface area contributed by atoms with Crippen LogP contribution in [0, 0.1) is 0 Å². The molecular weight excluding hydrogens is 497 g/mol. The molecule has 0 aliphatic rings. The zero-order valence-corrected chi connectivity index (χ0v) is 19.5. The summed E-state index contributed by atoms with van der Waals surface area (Å²) in [6.45, 7) is -0.736. The predicted octanol–water partition coefficient (Wildman–Crippen LogP) is 6.38. The number of nitrogens with zero attached hydrogens (tertiary/aromatic N) is 1. The number of pyridine rings is 1. The van der Waals surface area contributed by atoms with E-state index in [2.05, 4.69) is 10.3 Å². The maximum atomic E-state index is 13.0. The van der Waals surface area contributed by atoms with E-state index in [9.17, 15) is 22.8 Å². The number of benzene rings is 3. The van der Waals surface area contributed by atoms with Gasteiger partial charge in [-0.25, -0.2) is 9.78 Å². The van der Waals surface area contributed by atoms with Gasteiger partial charge in [-0.1, -0.05) is 29.8 Å². The fourth-order valence-electron chi connectivity index (χ4n) is 3.45. The topological polar surface area (TPSA) is 77.5 Å². The first-order valence-corrected chi connectivity index (χ1v) is 10.9. The van der Waals surface area contributed by atoms with Gasteiger partial charge in [0.15, 0.2) is 6.61 Å². The third kappa shape index (κ3) is 5.58. The molecule has 0 atom stereocenters. The van der Waals surface area contributed by atoms with E-state index in [0.29, 0.717) is 28.4 Å². The summed E-state index contributed by atoms with van der Waals surface area (Å²) in [6, 6.07) is 18.1. The molecule has 184 valence electrons. The lowest BCUT2D eigenvalue weighted by Gasteiger charge is -2.12. The van der Waals surface area contributed by atoms with Gasteiger partial charge in [0.05, 0.1) is 40.2 Å². The number of rotatable bonds is 6. The van der Waals surface area contributed by atoms with Gasteiger partial charge in [-0.15, -0.1) is 0 Å². The van der Waals surface area contributed by atoms with Crippen LogP contribution < -0.4 is 10.1 Å². The number of alkyl halides is 3. The van der Waals surface area contributed by atoms with E-state index in [4.69, 9.17) is 21.1 Å². The van der Waals surface area contributed by atoms with Crippen molar-refractivity contribution in [3.05, 3.63) is 88.9 Å². The van der Waals surface area contributed by atoms with Gasteiger partial charge in [0.2, 0.25) is 0 Å². The zero-order chi connectivity index (χ0) is 25.9. The molecular formula is C26H18ClF3N2O4. The number of para-hydroxylation sites is 1. The Bertz CT molecular complexity index is 1440. The molecule has 0 unspecified atom stereocenters. The van der Waals surface area contributed by atoms with Crippen LogP contribution in [0.5, 0.6) is 5.75 Å². The van der Waals surface area contributed by atoms with E-state index in [-0.39, 0.29) is 16.3 Å². The minimum Gasteiger partial charge on any atom is -0.497 e. The number of anilines is 1. The van der Waals surface area contributed by atoms with Gasteiger partial charge < -0.3 is 14.8 Å². The monoisotopic (exact) mass is 514 g/mol. The first kappa shape index (κ1) is 25.0. The lowest BCUT2D eigenvalue weighted by molar-refractivity contribution is -0.137. The molecule has 0 fully saturated rings. The Hall–Kier alpha value is -4.11. The summed E-state index contributed by atoms with van der Waals surface area (Å²) in [5, 5.41) is 2.67. The Morgan fingerprint density at radius 2 is 1.72 bits per heavy atom. The van der Waals surface area contributed by atoms with E-state index in [1.54, 1.807) is 61.7 Å². The highest BCUT2D eigenvalue weighted by Gasteiger charge is 2.31. The lowest BCUT2D eigenvalue weighted by Crippen LogP contribution is -2.21. The normalized spacial score (nSPS) is 11.2. The van der Waals surface area contributed by atoms with E-state index in [1.165, 1.54) is 0 Å². The number of carbonyl (C=O) groups excluding carboxylic acids is 2. The summed E-state index contributed by atoms with van der Waals surface area (Å²) in [6.07, 6.45) is -4.61. The number of methoxy groups -OCH3 is 1. The number of ether oxygens (including phenoxy) is 2. The SMILES string of the molecule is COc1ccc(-c2cc(C(=O)OCC(=O)Nc3cc(C(F)(F)F)ccc3Cl)c3ccccc3n2)cc1. The number of fused-ring (bicyclic) bond motifs is 1. The summed E-state index contributed by atoms with van der Waals surface area (Å²) in [5.74, 6) is -0.988. The predicted molar refractivity (Wildman–Crippen MR) is 129 cm³/mol. The van der Waals surface area contributed by atoms with Crippen LogP contribution >= 0.6 is 11.6 Å². The largest absolute Gasteiger partial charge is 0.497 e. The minimum absolute atomic E-state index is 0.0908. The van der Waals surface area contributed by atoms with Crippen molar-refractivity contribution in [1.29, 1.82) is 0 Å². The summed E-state index contributed by atoms with van der Waals surface area (Å²) in [7, 11) is 1.55. The van der Waals surface area contributed by atoms with E-state index >= 15 is 0 Å². The molecule has 1 heterocycles. The Labute approximate surface area is 208 Å². The summed E-state index contributed by atoms with van der Waals surface area (Å²) < 4.78 is 49.2. The first-order chi connectivity index (χ1) is 17.2. The van der Waals surface area contributed by atoms with Gasteiger partial charge in [0.25, 0.3) is 5.91 Å². The molecule has 0 saturated heterocycles. The zero-order valence-electron chi connectivity index (χ0n) is 18.7. The Morgan fingerprint density at radius 3 is 2.42 bits per heavy atom. The van der Waals surface area contributed by atoms with Crippen LogP contribution in [0.4, 0.5) is 18.9 Å². The molecule has 4 aromatic rings. The number of nitrogens with one attached hydrogen (secondary N) is 1. The second kappa shape index (κ2) is 10.2. The van der Waals surface area contributed by atoms with Crippen LogP contribution in [0.15, 0.2) is 72.8 Å². The molecule has 1 N–H and O–H groups in total. The molecule has 1 aromatic heterocycles. The highest BCUT2D eigenvalue weighted by molar-refractivity contribution is 6.33. The fraction of sp³-hybridized carbons (Fsp3) is 0.115. The number of hydrogen-bond acceptors (Lipinski definition) is 5. The van der Waals surface area contributed by atoms with Crippen molar-refractivity contribution >= 4 is 40.1 Å². The molecule has 0 aliphatic heterocycles. The second-order valence-corrected chi connectivity index (χ2v) is 8.02. The number of hydrogen-bond donors (Lipinski definition) is 1. The number of esters is 1. The van der Waals surface area contributed by atoms with Gasteiger partial charge >= 0.3 is 12.1 Å². The van der Waals surface area contributed by atoms with Crippen molar-refractivity contribution in [2.24, 2.45) is 0 Å². The quantitative estimate of drug-likeness (QED) is 0.302. The molecule has 4 rings (SSSR count). The maximum absolute atomic E-state index is 13.0. The van der Waals surface area contributed by atoms with Crippen molar-refractivity contribution in [3.8, 4) is 17.0 Å². The number of carbonyl (C=O) groups is 2. The molecule has 0 bridgehead atoms. The molecule has 1 amide bonds. The van der Waals surface area contributed by atoms with E-state index in [1.807, 2.05) is 0 Å². The first-order valence-electron chi connectivity index (χ1n) is 10.5. The highest BCUT2D eigenvalue weighted by atomic mass is 35.5. The molecule has 6 nitrogen and oxygen atoms in total. The van der Waals surface area contributed by atoms with Crippen LogP contribution in [-0.2, 0) is 15.7 Å². The fourth-order valence-corrected chi connectivity index (χ4v) is 3.61. The molecule has 3 aromatic carbocycles. The van der Waals surface area contributed by atoms with Crippen LogP contribution in [0.25, 0.3) is 22.2 Å². The molecule has 0 aliphatic carbocycles. The number of halogens is 4. The van der Waals surface area contributed by atoms with Crippen molar-refractivity contribution in [2.45, 2.75) is 6.18 Å². The van der Waals surface area contributed by atoms with Gasteiger partial charge in [0, 0.05) is 10.9 Å². The third-order valence-electron chi connectivity index (χ3n) is 5.22. The molecule has 0 spiro atoms. The smallest absolute Gasteiger partial charge is 0.416 e. The van der Waals surface area contributed by atoms with Crippen LogP contribution in [-0.4, -0.2) is 30.6 Å². The Morgan fingerprint density at radius 1 is 1.00 bits per heavy atom. The van der Waals surface area contributed by atoms with Crippen molar-refractivity contribution in [3.63, 3.8) is 0 Å². The summed E-state index contributed by atoms with van der Waals surface area (Å²) >= 11 is 5.90. The number of amides is 1. The van der Waals surface area contributed by atoms with Crippen LogP contribution in [0.3, 0.4) is 0 Å². The van der Waals surface area contributed by atoms with Crippen LogP contribution in [0.2, 0.25) is 5.02 Å². The van der Waals surface area contributed by atoms with Gasteiger partial charge in [0.1, 0.15) is 5.75 Å². The summed E-state index contributed by atoms with van der Waals surface area (Å²) in [5.41, 5.74) is 0.725. The Kier molecular flexibility index (Phi) is 7.12. The lowest BCUT2D eigenvalue weighted by atomic mass is 10.0. The summed E-state index contributed by atoms with van der Waals surface area (Å²) in [4.78, 5) is 29.8. The van der Waals surface area contributed by atoms with E-state index in [0.717, 1.165) is 17.7 Å².